The molecule has 0 unspecified atom stereocenters. The minimum atomic E-state index is -0.320. The van der Waals surface area contributed by atoms with Crippen molar-refractivity contribution >= 4 is 11.5 Å². The molecular formula is C21H23NO. The summed E-state index contributed by atoms with van der Waals surface area (Å²) >= 11 is 0. The van der Waals surface area contributed by atoms with Crippen molar-refractivity contribution in [2.75, 3.05) is 6.54 Å². The van der Waals surface area contributed by atoms with Crippen molar-refractivity contribution in [3.63, 3.8) is 0 Å². The molecule has 1 heterocycles. The lowest BCUT2D eigenvalue weighted by atomic mass is 9.86. The third-order valence-electron chi connectivity index (χ3n) is 4.81. The van der Waals surface area contributed by atoms with Crippen LogP contribution in [0, 0.1) is 0 Å². The molecule has 3 rings (SSSR count). The Balaban J connectivity index is 2.00. The molecule has 0 atom stereocenters. The van der Waals surface area contributed by atoms with E-state index in [2.05, 4.69) is 32.9 Å². The maximum absolute atomic E-state index is 13.2. The zero-order chi connectivity index (χ0) is 16.4. The van der Waals surface area contributed by atoms with Crippen LogP contribution >= 0.6 is 0 Å². The largest absolute Gasteiger partial charge is 0.329 e. The molecule has 0 aliphatic carbocycles. The first-order valence-corrected chi connectivity index (χ1v) is 8.14. The molecule has 0 saturated carbocycles. The second-order valence-electron chi connectivity index (χ2n) is 6.65. The Kier molecular flexibility index (Phi) is 4.08. The van der Waals surface area contributed by atoms with Gasteiger partial charge in [0.1, 0.15) is 0 Å². The van der Waals surface area contributed by atoms with Crippen LogP contribution in [0.15, 0.2) is 66.2 Å². The van der Waals surface area contributed by atoms with E-state index < -0.39 is 0 Å². The van der Waals surface area contributed by atoms with Crippen LogP contribution < -0.4 is 0 Å². The van der Waals surface area contributed by atoms with Crippen LogP contribution in [-0.2, 0) is 10.3 Å². The molecule has 0 spiro atoms. The van der Waals surface area contributed by atoms with Crippen molar-refractivity contribution in [2.45, 2.75) is 32.7 Å². The van der Waals surface area contributed by atoms with Gasteiger partial charge in [0.25, 0.3) is 5.91 Å². The van der Waals surface area contributed by atoms with Gasteiger partial charge in [0.05, 0.1) is 5.54 Å². The van der Waals surface area contributed by atoms with Crippen molar-refractivity contribution in [1.82, 2.24) is 4.90 Å². The maximum Gasteiger partial charge on any atom is 0.255 e. The summed E-state index contributed by atoms with van der Waals surface area (Å²) in [6.07, 6.45) is 0.923. The van der Waals surface area contributed by atoms with Crippen molar-refractivity contribution in [2.24, 2.45) is 0 Å². The Morgan fingerprint density at radius 2 is 1.48 bits per heavy atom. The van der Waals surface area contributed by atoms with E-state index in [1.165, 1.54) is 11.1 Å². The van der Waals surface area contributed by atoms with E-state index in [1.807, 2.05) is 53.4 Å². The molecule has 0 N–H and O–H groups in total. The van der Waals surface area contributed by atoms with Gasteiger partial charge in [0.15, 0.2) is 0 Å². The predicted octanol–water partition coefficient (Wildman–Crippen LogP) is 4.63. The molecule has 2 aromatic carbocycles. The van der Waals surface area contributed by atoms with Crippen LogP contribution in [0.1, 0.15) is 38.3 Å². The van der Waals surface area contributed by atoms with Gasteiger partial charge in [-0.1, -0.05) is 66.2 Å². The summed E-state index contributed by atoms with van der Waals surface area (Å²) in [5, 5.41) is 0. The van der Waals surface area contributed by atoms with Gasteiger partial charge in [-0.25, -0.2) is 0 Å². The summed E-state index contributed by atoms with van der Waals surface area (Å²) in [4.78, 5) is 15.2. The van der Waals surface area contributed by atoms with Crippen molar-refractivity contribution in [1.29, 1.82) is 0 Å². The lowest BCUT2D eigenvalue weighted by molar-refractivity contribution is -0.131. The molecule has 0 saturated heterocycles. The van der Waals surface area contributed by atoms with E-state index in [0.717, 1.165) is 24.1 Å². The summed E-state index contributed by atoms with van der Waals surface area (Å²) in [7, 11) is 0. The molecule has 2 nitrogen and oxygen atoms in total. The third kappa shape index (κ3) is 2.81. The fourth-order valence-electron chi connectivity index (χ4n) is 3.33. The van der Waals surface area contributed by atoms with Crippen molar-refractivity contribution < 1.29 is 4.79 Å². The third-order valence-corrected chi connectivity index (χ3v) is 4.81. The first-order valence-electron chi connectivity index (χ1n) is 8.14. The molecule has 23 heavy (non-hydrogen) atoms. The molecule has 1 aliphatic heterocycles. The summed E-state index contributed by atoms with van der Waals surface area (Å²) in [5.41, 5.74) is 3.91. The highest BCUT2D eigenvalue weighted by molar-refractivity contribution is 6.21. The number of hydrogen-bond acceptors (Lipinski definition) is 1. The average molecular weight is 305 g/mol. The van der Waals surface area contributed by atoms with Gasteiger partial charge < -0.3 is 4.90 Å². The minimum absolute atomic E-state index is 0.133. The van der Waals surface area contributed by atoms with E-state index in [-0.39, 0.29) is 11.4 Å². The molecule has 2 aromatic rings. The van der Waals surface area contributed by atoms with Gasteiger partial charge in [-0.05, 0) is 38.3 Å². The van der Waals surface area contributed by atoms with E-state index in [4.69, 9.17) is 0 Å². The van der Waals surface area contributed by atoms with Crippen LogP contribution in [0.2, 0.25) is 0 Å². The monoisotopic (exact) mass is 305 g/mol. The zero-order valence-corrected chi connectivity index (χ0v) is 14.0. The minimum Gasteiger partial charge on any atom is -0.329 e. The highest BCUT2D eigenvalue weighted by Gasteiger charge is 2.36. The van der Waals surface area contributed by atoms with Crippen molar-refractivity contribution in [3.8, 4) is 0 Å². The predicted molar refractivity (Wildman–Crippen MR) is 94.8 cm³/mol. The Morgan fingerprint density at radius 1 is 0.913 bits per heavy atom. The molecule has 118 valence electrons. The van der Waals surface area contributed by atoms with Crippen LogP contribution in [0.3, 0.4) is 0 Å². The van der Waals surface area contributed by atoms with Crippen LogP contribution in [0.5, 0.6) is 0 Å². The molecular weight excluding hydrogens is 282 g/mol. The smallest absolute Gasteiger partial charge is 0.255 e. The van der Waals surface area contributed by atoms with Gasteiger partial charge in [0.2, 0.25) is 0 Å². The maximum atomic E-state index is 13.2. The summed E-state index contributed by atoms with van der Waals surface area (Å²) < 4.78 is 0. The van der Waals surface area contributed by atoms with E-state index >= 15 is 0 Å². The van der Waals surface area contributed by atoms with Gasteiger partial charge >= 0.3 is 0 Å². The zero-order valence-electron chi connectivity index (χ0n) is 14.0. The van der Waals surface area contributed by atoms with Gasteiger partial charge in [-0.3, -0.25) is 4.79 Å². The number of carbonyl (C=O) groups is 1. The van der Waals surface area contributed by atoms with Crippen LogP contribution in [0.25, 0.3) is 5.57 Å². The fourth-order valence-corrected chi connectivity index (χ4v) is 3.33. The van der Waals surface area contributed by atoms with E-state index in [0.29, 0.717) is 0 Å². The van der Waals surface area contributed by atoms with Gasteiger partial charge in [0, 0.05) is 12.1 Å². The molecule has 0 fully saturated rings. The van der Waals surface area contributed by atoms with E-state index in [9.17, 15) is 4.79 Å². The lowest BCUT2D eigenvalue weighted by Crippen LogP contribution is -2.48. The Morgan fingerprint density at radius 3 is 2.09 bits per heavy atom. The molecule has 1 aliphatic rings. The van der Waals surface area contributed by atoms with Gasteiger partial charge in [-0.2, -0.15) is 0 Å². The number of nitrogens with zero attached hydrogens (tertiary/aromatic N) is 1. The van der Waals surface area contributed by atoms with Crippen molar-refractivity contribution in [3.05, 3.63) is 77.4 Å². The Hall–Kier alpha value is -2.35. The topological polar surface area (TPSA) is 20.3 Å². The summed E-state index contributed by atoms with van der Waals surface area (Å²) in [5.74, 6) is 0.133. The molecule has 0 radical (unpaired) electrons. The van der Waals surface area contributed by atoms with E-state index in [1.54, 1.807) is 0 Å². The molecule has 2 heteroatoms. The number of rotatable bonds is 3. The Bertz CT molecular complexity index is 729. The summed E-state index contributed by atoms with van der Waals surface area (Å²) in [6.45, 7) is 7.10. The average Bonchev–Trinajstić information content (AvgIpc) is 2.56. The second-order valence-corrected chi connectivity index (χ2v) is 6.65. The number of hydrogen-bond donors (Lipinski definition) is 0. The molecule has 1 amide bonds. The quantitative estimate of drug-likeness (QED) is 0.809. The highest BCUT2D eigenvalue weighted by atomic mass is 16.2. The first kappa shape index (κ1) is 15.5. The number of carbonyl (C=O) groups excluding carboxylic acids is 1. The number of benzene rings is 2. The first-order chi connectivity index (χ1) is 11.0. The van der Waals surface area contributed by atoms with Gasteiger partial charge in [-0.15, -0.1) is 0 Å². The molecule has 0 bridgehead atoms. The highest BCUT2D eigenvalue weighted by Crippen LogP contribution is 2.36. The lowest BCUT2D eigenvalue weighted by Gasteiger charge is -2.42. The number of amides is 1. The summed E-state index contributed by atoms with van der Waals surface area (Å²) in [6, 6.07) is 20.3. The normalized spacial score (nSPS) is 16.0. The fraction of sp³-hybridized carbons (Fsp3) is 0.286. The second kappa shape index (κ2) is 6.04. The standard InChI is InChI=1S/C21H23NO/c1-16-14-15-22(21(2,3)18-12-8-5-9-13-18)20(23)19(16)17-10-6-4-7-11-17/h4-13H,14-15H2,1-3H3. The Labute approximate surface area is 138 Å². The van der Waals surface area contributed by atoms with Crippen LogP contribution in [0.4, 0.5) is 0 Å². The molecule has 0 aromatic heterocycles. The van der Waals surface area contributed by atoms with Crippen LogP contribution in [-0.4, -0.2) is 17.4 Å². The SMILES string of the molecule is CC1=C(c2ccccc2)C(=O)N(C(C)(C)c2ccccc2)CC1.